The molecule has 0 unspecified atom stereocenters. The van der Waals surface area contributed by atoms with Crippen LogP contribution < -0.4 is 0 Å². The maximum absolute atomic E-state index is 12.1. The fourth-order valence-electron chi connectivity index (χ4n) is 1.40. The van der Waals surface area contributed by atoms with Gasteiger partial charge in [-0.2, -0.15) is 13.2 Å². The average molecular weight is 227 g/mol. The fourth-order valence-corrected chi connectivity index (χ4v) is 1.40. The molecule has 0 bridgehead atoms. The summed E-state index contributed by atoms with van der Waals surface area (Å²) >= 11 is 0. The van der Waals surface area contributed by atoms with Crippen molar-refractivity contribution in [1.82, 2.24) is 4.90 Å². The second kappa shape index (κ2) is 7.93. The molecule has 1 N–H and O–H groups in total. The number of aliphatic hydroxyl groups is 1. The molecule has 0 aromatic carbocycles. The molecule has 0 aliphatic heterocycles. The van der Waals surface area contributed by atoms with E-state index in [1.54, 1.807) is 0 Å². The van der Waals surface area contributed by atoms with Crippen molar-refractivity contribution in [3.05, 3.63) is 0 Å². The maximum atomic E-state index is 12.1. The summed E-state index contributed by atoms with van der Waals surface area (Å²) in [6.07, 6.45) is -0.991. The Balaban J connectivity index is 3.84. The van der Waals surface area contributed by atoms with Gasteiger partial charge in [0, 0.05) is 13.2 Å². The van der Waals surface area contributed by atoms with Crippen LogP contribution in [-0.4, -0.2) is 42.4 Å². The predicted octanol–water partition coefficient (Wildman–Crippen LogP) is 2.42. The molecule has 0 fully saturated rings. The predicted molar refractivity (Wildman–Crippen MR) is 53.7 cm³/mol. The van der Waals surface area contributed by atoms with Gasteiger partial charge < -0.3 is 5.11 Å². The molecule has 92 valence electrons. The number of aliphatic hydroxyl groups excluding tert-OH is 1. The van der Waals surface area contributed by atoms with Crippen LogP contribution in [0.4, 0.5) is 13.2 Å². The number of nitrogens with zero attached hydrogens (tertiary/aromatic N) is 1. The van der Waals surface area contributed by atoms with Crippen LogP contribution in [0.25, 0.3) is 0 Å². The molecule has 0 aliphatic rings. The minimum Gasteiger partial charge on any atom is -0.396 e. The Labute approximate surface area is 89.1 Å². The van der Waals surface area contributed by atoms with E-state index in [2.05, 4.69) is 0 Å². The number of rotatable bonds is 8. The van der Waals surface area contributed by atoms with Gasteiger partial charge in [-0.3, -0.25) is 4.90 Å². The second-order valence-electron chi connectivity index (χ2n) is 3.68. The summed E-state index contributed by atoms with van der Waals surface area (Å²) in [7, 11) is 0. The molecule has 0 radical (unpaired) electrons. The number of hydrogen-bond donors (Lipinski definition) is 1. The fraction of sp³-hybridized carbons (Fsp3) is 1.00. The SMILES string of the molecule is CCCCCN(CCCO)CC(F)(F)F. The zero-order valence-electron chi connectivity index (χ0n) is 9.19. The number of hydrogen-bond acceptors (Lipinski definition) is 2. The van der Waals surface area contributed by atoms with E-state index in [0.29, 0.717) is 19.5 Å². The van der Waals surface area contributed by atoms with Crippen LogP contribution in [0.2, 0.25) is 0 Å². The van der Waals surface area contributed by atoms with Gasteiger partial charge >= 0.3 is 6.18 Å². The molecule has 0 aromatic heterocycles. The topological polar surface area (TPSA) is 23.5 Å². The quantitative estimate of drug-likeness (QED) is 0.644. The Morgan fingerprint density at radius 1 is 1.07 bits per heavy atom. The van der Waals surface area contributed by atoms with Crippen LogP contribution in [0.1, 0.15) is 32.6 Å². The molecule has 0 amide bonds. The summed E-state index contributed by atoms with van der Waals surface area (Å²) < 4.78 is 36.4. The molecule has 15 heavy (non-hydrogen) atoms. The van der Waals surface area contributed by atoms with Crippen LogP contribution >= 0.6 is 0 Å². The van der Waals surface area contributed by atoms with E-state index in [1.165, 1.54) is 4.90 Å². The molecule has 0 rings (SSSR count). The lowest BCUT2D eigenvalue weighted by atomic mass is 10.2. The van der Waals surface area contributed by atoms with Gasteiger partial charge in [0.25, 0.3) is 0 Å². The van der Waals surface area contributed by atoms with Gasteiger partial charge in [0.1, 0.15) is 0 Å². The Kier molecular flexibility index (Phi) is 7.78. The highest BCUT2D eigenvalue weighted by Gasteiger charge is 2.30. The Morgan fingerprint density at radius 2 is 1.67 bits per heavy atom. The van der Waals surface area contributed by atoms with E-state index in [4.69, 9.17) is 5.11 Å². The summed E-state index contributed by atoms with van der Waals surface area (Å²) in [5.74, 6) is 0. The van der Waals surface area contributed by atoms with Gasteiger partial charge in [-0.25, -0.2) is 0 Å². The van der Waals surface area contributed by atoms with Gasteiger partial charge in [-0.15, -0.1) is 0 Å². The van der Waals surface area contributed by atoms with E-state index in [-0.39, 0.29) is 6.61 Å². The molecule has 0 saturated carbocycles. The summed E-state index contributed by atoms with van der Waals surface area (Å²) in [6.45, 7) is 1.88. The third-order valence-corrected chi connectivity index (χ3v) is 2.11. The molecule has 0 saturated heterocycles. The standard InChI is InChI=1S/C10H20F3NO/c1-2-3-4-6-14(7-5-8-15)9-10(11,12)13/h15H,2-9H2,1H3. The molecule has 0 heterocycles. The van der Waals surface area contributed by atoms with Gasteiger partial charge in [0.15, 0.2) is 0 Å². The minimum atomic E-state index is -4.14. The smallest absolute Gasteiger partial charge is 0.396 e. The normalized spacial score (nSPS) is 12.4. The highest BCUT2D eigenvalue weighted by molar-refractivity contribution is 4.63. The highest BCUT2D eigenvalue weighted by Crippen LogP contribution is 2.17. The van der Waals surface area contributed by atoms with Crippen molar-refractivity contribution in [1.29, 1.82) is 0 Å². The van der Waals surface area contributed by atoms with Gasteiger partial charge in [0.05, 0.1) is 6.54 Å². The Bertz CT molecular complexity index is 150. The maximum Gasteiger partial charge on any atom is 0.401 e. The number of halogens is 3. The summed E-state index contributed by atoms with van der Waals surface area (Å²) in [5.41, 5.74) is 0. The molecule has 5 heteroatoms. The van der Waals surface area contributed by atoms with Crippen molar-refractivity contribution in [2.45, 2.75) is 38.8 Å². The van der Waals surface area contributed by atoms with Crippen molar-refractivity contribution in [2.24, 2.45) is 0 Å². The van der Waals surface area contributed by atoms with Crippen LogP contribution in [0.3, 0.4) is 0 Å². The van der Waals surface area contributed by atoms with Gasteiger partial charge in [0.2, 0.25) is 0 Å². The minimum absolute atomic E-state index is 0.0534. The van der Waals surface area contributed by atoms with E-state index in [0.717, 1.165) is 19.3 Å². The zero-order chi connectivity index (χ0) is 11.7. The summed E-state index contributed by atoms with van der Waals surface area (Å²) in [6, 6.07) is 0. The van der Waals surface area contributed by atoms with Crippen molar-refractivity contribution in [3.63, 3.8) is 0 Å². The van der Waals surface area contributed by atoms with E-state index >= 15 is 0 Å². The van der Waals surface area contributed by atoms with Gasteiger partial charge in [-0.05, 0) is 19.4 Å². The first-order valence-corrected chi connectivity index (χ1v) is 5.39. The first-order chi connectivity index (χ1) is 6.99. The van der Waals surface area contributed by atoms with Crippen LogP contribution in [0.5, 0.6) is 0 Å². The molecular weight excluding hydrogens is 207 g/mol. The molecule has 0 aromatic rings. The third kappa shape index (κ3) is 10.0. The highest BCUT2D eigenvalue weighted by atomic mass is 19.4. The van der Waals surface area contributed by atoms with Crippen LogP contribution in [0, 0.1) is 0 Å². The molecule has 0 aliphatic carbocycles. The number of unbranched alkanes of at least 4 members (excludes halogenated alkanes) is 2. The second-order valence-corrected chi connectivity index (χ2v) is 3.68. The number of alkyl halides is 3. The summed E-state index contributed by atoms with van der Waals surface area (Å²) in [4.78, 5) is 1.37. The van der Waals surface area contributed by atoms with E-state index in [9.17, 15) is 13.2 Å². The van der Waals surface area contributed by atoms with Crippen molar-refractivity contribution in [3.8, 4) is 0 Å². The lowest BCUT2D eigenvalue weighted by Gasteiger charge is -2.23. The molecule has 2 nitrogen and oxygen atoms in total. The molecular formula is C10H20F3NO. The van der Waals surface area contributed by atoms with E-state index in [1.807, 2.05) is 6.92 Å². The lowest BCUT2D eigenvalue weighted by molar-refractivity contribution is -0.146. The largest absolute Gasteiger partial charge is 0.401 e. The molecule has 0 atom stereocenters. The Hall–Kier alpha value is -0.290. The molecule has 0 spiro atoms. The third-order valence-electron chi connectivity index (χ3n) is 2.11. The van der Waals surface area contributed by atoms with Crippen LogP contribution in [-0.2, 0) is 0 Å². The first kappa shape index (κ1) is 14.7. The van der Waals surface area contributed by atoms with Gasteiger partial charge in [-0.1, -0.05) is 19.8 Å². The van der Waals surface area contributed by atoms with E-state index < -0.39 is 12.7 Å². The average Bonchev–Trinajstić information content (AvgIpc) is 2.12. The van der Waals surface area contributed by atoms with Crippen LogP contribution in [0.15, 0.2) is 0 Å². The lowest BCUT2D eigenvalue weighted by Crippen LogP contribution is -2.36. The first-order valence-electron chi connectivity index (χ1n) is 5.39. The zero-order valence-corrected chi connectivity index (χ0v) is 9.19. The van der Waals surface area contributed by atoms with Crippen molar-refractivity contribution < 1.29 is 18.3 Å². The Morgan fingerprint density at radius 3 is 2.13 bits per heavy atom. The monoisotopic (exact) mass is 227 g/mol. The summed E-state index contributed by atoms with van der Waals surface area (Å²) in [5, 5.41) is 8.58. The van der Waals surface area contributed by atoms with Crippen molar-refractivity contribution >= 4 is 0 Å². The van der Waals surface area contributed by atoms with Crippen molar-refractivity contribution in [2.75, 3.05) is 26.2 Å².